The van der Waals surface area contributed by atoms with Crippen LogP contribution in [0.1, 0.15) is 23.2 Å². The molecule has 0 radical (unpaired) electrons. The number of ether oxygens (including phenoxy) is 2. The summed E-state index contributed by atoms with van der Waals surface area (Å²) >= 11 is 3.43. The largest absolute Gasteiger partial charge is 0.495 e. The molecule has 1 N–H and O–H groups in total. The Morgan fingerprint density at radius 3 is 2.53 bits per heavy atom. The molecule has 1 saturated heterocycles. The molecule has 1 aromatic rings. The maximum atomic E-state index is 12.6. The number of halogens is 1. The molecule has 2 rings (SSSR count). The summed E-state index contributed by atoms with van der Waals surface area (Å²) in [5.74, 6) is 1.46. The lowest BCUT2D eigenvalue weighted by molar-refractivity contribution is 0.0891. The molecule has 0 bridgehead atoms. The second-order valence-electron chi connectivity index (χ2n) is 4.55. The molecule has 0 atom stereocenters. The minimum Gasteiger partial charge on any atom is -0.495 e. The minimum absolute atomic E-state index is 0.0791. The summed E-state index contributed by atoms with van der Waals surface area (Å²) in [6.45, 7) is 1.80. The molecule has 1 aromatic carbocycles. The summed E-state index contributed by atoms with van der Waals surface area (Å²) in [4.78, 5) is 12.6. The maximum Gasteiger partial charge on any atom is 0.169 e. The molecule has 5 heteroatoms. The first-order chi connectivity index (χ1) is 9.19. The molecule has 0 amide bonds. The quantitative estimate of drug-likeness (QED) is 0.864. The Hall–Kier alpha value is -1.07. The third kappa shape index (κ3) is 2.92. The average Bonchev–Trinajstić information content (AvgIpc) is 2.47. The maximum absolute atomic E-state index is 12.6. The van der Waals surface area contributed by atoms with Crippen LogP contribution in [0.3, 0.4) is 0 Å². The van der Waals surface area contributed by atoms with Crippen LogP contribution >= 0.6 is 15.9 Å². The third-order valence-corrected chi connectivity index (χ3v) is 4.21. The van der Waals surface area contributed by atoms with E-state index in [-0.39, 0.29) is 11.7 Å². The van der Waals surface area contributed by atoms with Crippen LogP contribution in [0.5, 0.6) is 11.5 Å². The standard InChI is InChI=1S/C14H18BrNO3/c1-18-11-4-3-10(14(19-2)12(11)15)13(17)9-5-7-16-8-6-9/h3-4,9,16H,5-8H2,1-2H3. The molecule has 4 nitrogen and oxygen atoms in total. The van der Waals surface area contributed by atoms with Crippen LogP contribution in [0.2, 0.25) is 0 Å². The summed E-state index contributed by atoms with van der Waals surface area (Å²) in [5, 5.41) is 3.27. The van der Waals surface area contributed by atoms with E-state index < -0.39 is 0 Å². The normalized spacial score (nSPS) is 16.2. The number of hydrogen-bond acceptors (Lipinski definition) is 4. The van der Waals surface area contributed by atoms with Gasteiger partial charge in [-0.05, 0) is 54.0 Å². The average molecular weight is 328 g/mol. The van der Waals surface area contributed by atoms with E-state index in [9.17, 15) is 4.79 Å². The SMILES string of the molecule is COc1ccc(C(=O)C2CCNCC2)c(OC)c1Br. The smallest absolute Gasteiger partial charge is 0.169 e. The van der Waals surface area contributed by atoms with E-state index >= 15 is 0 Å². The Morgan fingerprint density at radius 2 is 1.95 bits per heavy atom. The number of carbonyl (C=O) groups excluding carboxylic acids is 1. The second kappa shape index (κ2) is 6.39. The fourth-order valence-electron chi connectivity index (χ4n) is 2.39. The third-order valence-electron chi connectivity index (χ3n) is 3.46. The van der Waals surface area contributed by atoms with E-state index in [0.717, 1.165) is 25.9 Å². The zero-order valence-corrected chi connectivity index (χ0v) is 12.7. The molecule has 0 spiro atoms. The lowest BCUT2D eigenvalue weighted by Gasteiger charge is -2.22. The lowest BCUT2D eigenvalue weighted by atomic mass is 9.89. The second-order valence-corrected chi connectivity index (χ2v) is 5.34. The molecule has 1 aliphatic rings. The van der Waals surface area contributed by atoms with Crippen molar-refractivity contribution in [3.8, 4) is 11.5 Å². The highest BCUT2D eigenvalue weighted by Crippen LogP contribution is 2.38. The number of rotatable bonds is 4. The van der Waals surface area contributed by atoms with Crippen LogP contribution in [0.15, 0.2) is 16.6 Å². The van der Waals surface area contributed by atoms with Crippen molar-refractivity contribution in [3.05, 3.63) is 22.2 Å². The van der Waals surface area contributed by atoms with Crippen LogP contribution in [0, 0.1) is 5.92 Å². The van der Waals surface area contributed by atoms with Gasteiger partial charge in [0.2, 0.25) is 0 Å². The minimum atomic E-state index is 0.0791. The number of piperidine rings is 1. The van der Waals surface area contributed by atoms with Gasteiger partial charge in [0.15, 0.2) is 5.78 Å². The fraction of sp³-hybridized carbons (Fsp3) is 0.500. The van der Waals surface area contributed by atoms with E-state index in [4.69, 9.17) is 9.47 Å². The molecule has 0 unspecified atom stereocenters. The van der Waals surface area contributed by atoms with Crippen molar-refractivity contribution < 1.29 is 14.3 Å². The molecule has 0 aliphatic carbocycles. The van der Waals surface area contributed by atoms with Gasteiger partial charge in [-0.3, -0.25) is 4.79 Å². The highest BCUT2D eigenvalue weighted by Gasteiger charge is 2.26. The van der Waals surface area contributed by atoms with Crippen molar-refractivity contribution in [3.63, 3.8) is 0 Å². The van der Waals surface area contributed by atoms with Crippen molar-refractivity contribution in [2.24, 2.45) is 5.92 Å². The van der Waals surface area contributed by atoms with Gasteiger partial charge in [-0.15, -0.1) is 0 Å². The molecular weight excluding hydrogens is 310 g/mol. The predicted molar refractivity (Wildman–Crippen MR) is 77.2 cm³/mol. The Balaban J connectivity index is 2.33. The van der Waals surface area contributed by atoms with E-state index in [0.29, 0.717) is 21.5 Å². The summed E-state index contributed by atoms with van der Waals surface area (Å²) in [6.07, 6.45) is 1.76. The van der Waals surface area contributed by atoms with Gasteiger partial charge in [0.25, 0.3) is 0 Å². The van der Waals surface area contributed by atoms with Crippen molar-refractivity contribution in [2.75, 3.05) is 27.3 Å². The summed E-state index contributed by atoms with van der Waals surface area (Å²) in [5.41, 5.74) is 0.627. The van der Waals surface area contributed by atoms with E-state index in [1.807, 2.05) is 0 Å². The highest BCUT2D eigenvalue weighted by molar-refractivity contribution is 9.10. The monoisotopic (exact) mass is 327 g/mol. The predicted octanol–water partition coefficient (Wildman–Crippen LogP) is 2.65. The number of carbonyl (C=O) groups is 1. The number of nitrogens with one attached hydrogen (secondary N) is 1. The van der Waals surface area contributed by atoms with Gasteiger partial charge in [0.05, 0.1) is 19.8 Å². The molecule has 19 heavy (non-hydrogen) atoms. The zero-order valence-electron chi connectivity index (χ0n) is 11.2. The Kier molecular flexibility index (Phi) is 4.82. The Labute approximate surface area is 121 Å². The number of methoxy groups -OCH3 is 2. The van der Waals surface area contributed by atoms with Gasteiger partial charge in [-0.2, -0.15) is 0 Å². The van der Waals surface area contributed by atoms with Gasteiger partial charge in [0.1, 0.15) is 16.0 Å². The molecule has 0 aromatic heterocycles. The van der Waals surface area contributed by atoms with E-state index in [1.165, 1.54) is 0 Å². The Morgan fingerprint density at radius 1 is 1.26 bits per heavy atom. The number of Topliss-reactive ketones (excluding diaryl/α,β-unsaturated/α-hetero) is 1. The van der Waals surface area contributed by atoms with Crippen LogP contribution in [0.25, 0.3) is 0 Å². The van der Waals surface area contributed by atoms with Crippen molar-refractivity contribution in [1.82, 2.24) is 5.32 Å². The number of ketones is 1. The van der Waals surface area contributed by atoms with Crippen molar-refractivity contribution in [1.29, 1.82) is 0 Å². The topological polar surface area (TPSA) is 47.6 Å². The van der Waals surface area contributed by atoms with Crippen LogP contribution in [-0.4, -0.2) is 33.1 Å². The molecule has 104 valence electrons. The fourth-order valence-corrected chi connectivity index (χ4v) is 3.06. The lowest BCUT2D eigenvalue weighted by Crippen LogP contribution is -2.32. The van der Waals surface area contributed by atoms with E-state index in [1.54, 1.807) is 26.4 Å². The summed E-state index contributed by atoms with van der Waals surface area (Å²) in [6, 6.07) is 3.58. The molecule has 1 heterocycles. The zero-order chi connectivity index (χ0) is 13.8. The van der Waals surface area contributed by atoms with Crippen LogP contribution in [-0.2, 0) is 0 Å². The van der Waals surface area contributed by atoms with Crippen molar-refractivity contribution in [2.45, 2.75) is 12.8 Å². The highest BCUT2D eigenvalue weighted by atomic mass is 79.9. The van der Waals surface area contributed by atoms with E-state index in [2.05, 4.69) is 21.2 Å². The van der Waals surface area contributed by atoms with Crippen LogP contribution < -0.4 is 14.8 Å². The van der Waals surface area contributed by atoms with Gasteiger partial charge in [-0.1, -0.05) is 0 Å². The molecule has 1 fully saturated rings. The van der Waals surface area contributed by atoms with Crippen LogP contribution in [0.4, 0.5) is 0 Å². The van der Waals surface area contributed by atoms with Gasteiger partial charge < -0.3 is 14.8 Å². The molecule has 1 aliphatic heterocycles. The molecule has 0 saturated carbocycles. The van der Waals surface area contributed by atoms with Gasteiger partial charge >= 0.3 is 0 Å². The first-order valence-corrected chi connectivity index (χ1v) is 7.13. The van der Waals surface area contributed by atoms with Gasteiger partial charge in [0, 0.05) is 5.92 Å². The summed E-state index contributed by atoms with van der Waals surface area (Å²) < 4.78 is 11.3. The first-order valence-electron chi connectivity index (χ1n) is 6.34. The van der Waals surface area contributed by atoms with Crippen molar-refractivity contribution >= 4 is 21.7 Å². The summed E-state index contributed by atoms with van der Waals surface area (Å²) in [7, 11) is 3.16. The number of hydrogen-bond donors (Lipinski definition) is 1. The first kappa shape index (κ1) is 14.3. The number of benzene rings is 1. The molecular formula is C14H18BrNO3. The Bertz CT molecular complexity index is 470. The van der Waals surface area contributed by atoms with Gasteiger partial charge in [-0.25, -0.2) is 0 Å².